The number of carbonyl (C=O) groups excluding carboxylic acids is 3. The SMILES string of the molecule is Cc1ccc(S(=O)(=O)Nc2ccccc2F)cc1C(=O)OC(C)C(=O)NC(=O)Nc1ccccc1. The molecule has 0 aliphatic carbocycles. The second-order valence-electron chi connectivity index (χ2n) is 7.42. The Hall–Kier alpha value is -4.25. The Labute approximate surface area is 201 Å². The van der Waals surface area contributed by atoms with Gasteiger partial charge < -0.3 is 10.1 Å². The molecule has 3 rings (SSSR count). The Balaban J connectivity index is 1.68. The molecule has 182 valence electrons. The molecular formula is C24H22FN3O6S. The van der Waals surface area contributed by atoms with E-state index in [0.29, 0.717) is 11.3 Å². The van der Waals surface area contributed by atoms with E-state index in [1.165, 1.54) is 37.3 Å². The van der Waals surface area contributed by atoms with Gasteiger partial charge in [-0.15, -0.1) is 0 Å². The number of benzene rings is 3. The Morgan fingerprint density at radius 3 is 2.29 bits per heavy atom. The molecule has 0 bridgehead atoms. The van der Waals surface area contributed by atoms with Gasteiger partial charge in [0.1, 0.15) is 5.82 Å². The first-order valence-electron chi connectivity index (χ1n) is 10.3. The zero-order valence-electron chi connectivity index (χ0n) is 18.7. The summed E-state index contributed by atoms with van der Waals surface area (Å²) in [5.74, 6) is -2.62. The largest absolute Gasteiger partial charge is 0.449 e. The van der Waals surface area contributed by atoms with Crippen molar-refractivity contribution in [2.75, 3.05) is 10.0 Å². The summed E-state index contributed by atoms with van der Waals surface area (Å²) in [6.07, 6.45) is -1.36. The Morgan fingerprint density at radius 1 is 0.943 bits per heavy atom. The zero-order valence-corrected chi connectivity index (χ0v) is 19.6. The molecule has 0 radical (unpaired) electrons. The van der Waals surface area contributed by atoms with E-state index in [2.05, 4.69) is 15.4 Å². The molecule has 3 N–H and O–H groups in total. The average Bonchev–Trinajstić information content (AvgIpc) is 2.81. The summed E-state index contributed by atoms with van der Waals surface area (Å²) in [6, 6.07) is 16.5. The molecule has 3 amide bonds. The smallest absolute Gasteiger partial charge is 0.339 e. The second kappa shape index (κ2) is 10.8. The molecule has 1 unspecified atom stereocenters. The van der Waals surface area contributed by atoms with Crippen LogP contribution in [0.3, 0.4) is 0 Å². The van der Waals surface area contributed by atoms with Gasteiger partial charge in [-0.25, -0.2) is 22.4 Å². The lowest BCUT2D eigenvalue weighted by molar-refractivity contribution is -0.127. The van der Waals surface area contributed by atoms with Crippen molar-refractivity contribution in [2.24, 2.45) is 0 Å². The minimum Gasteiger partial charge on any atom is -0.449 e. The van der Waals surface area contributed by atoms with Gasteiger partial charge in [-0.2, -0.15) is 0 Å². The maximum absolute atomic E-state index is 13.9. The monoisotopic (exact) mass is 499 g/mol. The number of hydrogen-bond donors (Lipinski definition) is 3. The third-order valence-electron chi connectivity index (χ3n) is 4.78. The Morgan fingerprint density at radius 2 is 1.60 bits per heavy atom. The maximum Gasteiger partial charge on any atom is 0.339 e. The van der Waals surface area contributed by atoms with E-state index in [1.54, 1.807) is 37.3 Å². The highest BCUT2D eigenvalue weighted by Crippen LogP contribution is 2.22. The number of rotatable bonds is 7. The minimum atomic E-state index is -4.23. The van der Waals surface area contributed by atoms with Crippen molar-refractivity contribution in [1.82, 2.24) is 5.32 Å². The number of hydrogen-bond acceptors (Lipinski definition) is 6. The van der Waals surface area contributed by atoms with Gasteiger partial charge in [-0.3, -0.25) is 14.8 Å². The zero-order chi connectivity index (χ0) is 25.6. The van der Waals surface area contributed by atoms with Gasteiger partial charge >= 0.3 is 12.0 Å². The van der Waals surface area contributed by atoms with Gasteiger partial charge in [0, 0.05) is 5.69 Å². The number of urea groups is 1. The van der Waals surface area contributed by atoms with Crippen molar-refractivity contribution in [3.05, 3.63) is 89.7 Å². The molecule has 35 heavy (non-hydrogen) atoms. The third-order valence-corrected chi connectivity index (χ3v) is 6.14. The molecule has 3 aromatic rings. The molecule has 0 aliphatic heterocycles. The van der Waals surface area contributed by atoms with Crippen LogP contribution in [0.2, 0.25) is 0 Å². The fourth-order valence-corrected chi connectivity index (χ4v) is 4.00. The molecule has 0 saturated carbocycles. The summed E-state index contributed by atoms with van der Waals surface area (Å²) in [5.41, 5.74) is 0.473. The summed E-state index contributed by atoms with van der Waals surface area (Å²) >= 11 is 0. The molecule has 9 nitrogen and oxygen atoms in total. The number of halogens is 1. The van der Waals surface area contributed by atoms with E-state index in [4.69, 9.17) is 4.74 Å². The van der Waals surface area contributed by atoms with Crippen molar-refractivity contribution in [3.63, 3.8) is 0 Å². The van der Waals surface area contributed by atoms with Gasteiger partial charge in [-0.1, -0.05) is 36.4 Å². The predicted octanol–water partition coefficient (Wildman–Crippen LogP) is 3.83. The molecule has 0 heterocycles. The van der Waals surface area contributed by atoms with Crippen molar-refractivity contribution in [2.45, 2.75) is 24.8 Å². The van der Waals surface area contributed by atoms with Crippen molar-refractivity contribution >= 4 is 39.3 Å². The highest BCUT2D eigenvalue weighted by atomic mass is 32.2. The van der Waals surface area contributed by atoms with E-state index in [-0.39, 0.29) is 16.1 Å². The number of anilines is 2. The highest BCUT2D eigenvalue weighted by Gasteiger charge is 2.24. The maximum atomic E-state index is 13.9. The van der Waals surface area contributed by atoms with E-state index >= 15 is 0 Å². The Bertz CT molecular complexity index is 1360. The van der Waals surface area contributed by atoms with Gasteiger partial charge in [0.05, 0.1) is 16.1 Å². The van der Waals surface area contributed by atoms with Crippen LogP contribution in [0.5, 0.6) is 0 Å². The molecule has 11 heteroatoms. The van der Waals surface area contributed by atoms with Crippen LogP contribution in [0.15, 0.2) is 77.7 Å². The highest BCUT2D eigenvalue weighted by molar-refractivity contribution is 7.92. The molecule has 0 aromatic heterocycles. The van der Waals surface area contributed by atoms with Crippen LogP contribution in [0.4, 0.5) is 20.6 Å². The summed E-state index contributed by atoms with van der Waals surface area (Å²) < 4.78 is 46.5. The predicted molar refractivity (Wildman–Crippen MR) is 127 cm³/mol. The molecule has 3 aromatic carbocycles. The molecular weight excluding hydrogens is 477 g/mol. The summed E-state index contributed by atoms with van der Waals surface area (Å²) in [5, 5.41) is 4.52. The van der Waals surface area contributed by atoms with Crippen molar-refractivity contribution in [3.8, 4) is 0 Å². The lowest BCUT2D eigenvalue weighted by atomic mass is 10.1. The number of ether oxygens (including phenoxy) is 1. The number of carbonyl (C=O) groups is 3. The first-order valence-corrected chi connectivity index (χ1v) is 11.8. The van der Waals surface area contributed by atoms with Crippen LogP contribution < -0.4 is 15.4 Å². The summed E-state index contributed by atoms with van der Waals surface area (Å²) in [7, 11) is -4.23. The average molecular weight is 500 g/mol. The van der Waals surface area contributed by atoms with E-state index < -0.39 is 39.9 Å². The second-order valence-corrected chi connectivity index (χ2v) is 9.10. The fourth-order valence-electron chi connectivity index (χ4n) is 2.91. The molecule has 0 fully saturated rings. The number of esters is 1. The third kappa shape index (κ3) is 6.64. The van der Waals surface area contributed by atoms with Gasteiger partial charge in [0.2, 0.25) is 0 Å². The first kappa shape index (κ1) is 25.4. The summed E-state index contributed by atoms with van der Waals surface area (Å²) in [6.45, 7) is 2.81. The normalized spacial score (nSPS) is 11.7. The van der Waals surface area contributed by atoms with Crippen molar-refractivity contribution in [1.29, 1.82) is 0 Å². The van der Waals surface area contributed by atoms with Gasteiger partial charge in [0.25, 0.3) is 15.9 Å². The van der Waals surface area contributed by atoms with E-state index in [0.717, 1.165) is 12.1 Å². The van der Waals surface area contributed by atoms with Crippen LogP contribution in [-0.4, -0.2) is 32.4 Å². The number of aryl methyl sites for hydroxylation is 1. The molecule has 1 atom stereocenters. The number of sulfonamides is 1. The standard InChI is InChI=1S/C24H22FN3O6S/c1-15-12-13-18(35(32,33)28-21-11-7-6-10-20(21)25)14-19(15)23(30)34-16(2)22(29)27-24(31)26-17-8-4-3-5-9-17/h3-14,16,28H,1-2H3,(H2,26,27,29,31). The summed E-state index contributed by atoms with van der Waals surface area (Å²) in [4.78, 5) is 36.6. The lowest BCUT2D eigenvalue weighted by Gasteiger charge is -2.15. The number of amides is 3. The molecule has 0 aliphatic rings. The lowest BCUT2D eigenvalue weighted by Crippen LogP contribution is -2.41. The number of para-hydroxylation sites is 2. The number of imide groups is 1. The van der Waals surface area contributed by atoms with Crippen molar-refractivity contribution < 1.29 is 31.9 Å². The van der Waals surface area contributed by atoms with Crippen LogP contribution in [-0.2, 0) is 19.6 Å². The fraction of sp³-hybridized carbons (Fsp3) is 0.125. The van der Waals surface area contributed by atoms with E-state index in [9.17, 15) is 27.2 Å². The Kier molecular flexibility index (Phi) is 7.82. The number of nitrogens with one attached hydrogen (secondary N) is 3. The first-order chi connectivity index (χ1) is 16.6. The van der Waals surface area contributed by atoms with E-state index in [1.807, 2.05) is 0 Å². The van der Waals surface area contributed by atoms with Crippen LogP contribution in [0.1, 0.15) is 22.8 Å². The van der Waals surface area contributed by atoms with Gasteiger partial charge in [0.15, 0.2) is 6.10 Å². The van der Waals surface area contributed by atoms with Crippen LogP contribution in [0.25, 0.3) is 0 Å². The topological polar surface area (TPSA) is 131 Å². The quantitative estimate of drug-likeness (QED) is 0.424. The molecule has 0 saturated heterocycles. The molecule has 0 spiro atoms. The minimum absolute atomic E-state index is 0.116. The van der Waals surface area contributed by atoms with Gasteiger partial charge in [-0.05, 0) is 55.8 Å². The van der Waals surface area contributed by atoms with Crippen LogP contribution in [0, 0.1) is 12.7 Å². The van der Waals surface area contributed by atoms with Crippen LogP contribution >= 0.6 is 0 Å².